The zero-order valence-electron chi connectivity index (χ0n) is 20.1. The number of rotatable bonds is 8. The first kappa shape index (κ1) is 24.9. The van der Waals surface area contributed by atoms with Crippen LogP contribution in [0, 0.1) is 20.8 Å². The van der Waals surface area contributed by atoms with Gasteiger partial charge in [0.25, 0.3) is 0 Å². The number of nitrogens with zero attached hydrogens (tertiary/aromatic N) is 1. The van der Waals surface area contributed by atoms with Crippen molar-refractivity contribution >= 4 is 34.9 Å². The van der Waals surface area contributed by atoms with Gasteiger partial charge in [0.05, 0.1) is 12.1 Å². The summed E-state index contributed by atoms with van der Waals surface area (Å²) in [6.07, 6.45) is 0.461. The highest BCUT2D eigenvalue weighted by Crippen LogP contribution is 2.30. The summed E-state index contributed by atoms with van der Waals surface area (Å²) < 4.78 is 12.7. The van der Waals surface area contributed by atoms with Crippen LogP contribution in [-0.2, 0) is 0 Å². The number of hydrogen-bond donors (Lipinski definition) is 0. The maximum absolute atomic E-state index is 6.39. The third-order valence-electron chi connectivity index (χ3n) is 5.47. The summed E-state index contributed by atoms with van der Waals surface area (Å²) in [7, 11) is 0. The second kappa shape index (κ2) is 12.0. The summed E-state index contributed by atoms with van der Waals surface area (Å²) in [4.78, 5) is 5.99. The van der Waals surface area contributed by atoms with Crippen molar-refractivity contribution in [2.24, 2.45) is 4.99 Å². The van der Waals surface area contributed by atoms with Crippen molar-refractivity contribution < 1.29 is 9.47 Å². The molecule has 0 heterocycles. The lowest BCUT2D eigenvalue weighted by Crippen LogP contribution is -2.21. The largest absolute Gasteiger partial charge is 0.479 e. The van der Waals surface area contributed by atoms with E-state index in [0.29, 0.717) is 17.3 Å². The van der Waals surface area contributed by atoms with Gasteiger partial charge in [-0.15, -0.1) is 0 Å². The van der Waals surface area contributed by atoms with E-state index in [-0.39, 0.29) is 5.44 Å². The van der Waals surface area contributed by atoms with Gasteiger partial charge in [0.15, 0.2) is 11.3 Å². The lowest BCUT2D eigenvalue weighted by molar-refractivity contribution is 0.289. The van der Waals surface area contributed by atoms with Crippen molar-refractivity contribution in [2.75, 3.05) is 0 Å². The van der Waals surface area contributed by atoms with Crippen molar-refractivity contribution in [3.63, 3.8) is 0 Å². The van der Waals surface area contributed by atoms with Crippen molar-refractivity contribution in [1.82, 2.24) is 0 Å². The quantitative estimate of drug-likeness (QED) is 0.104. The standard InChI is InChI=1S/C30H28ClNO2S/c1-21-14-16-26(19-22(21)2)33-29(32-24-15-17-28(31)23(3)18-24)20-30(34-25-10-6-4-7-11-25)35-27-12-8-5-9-13-27/h4-19,30H,20H2,1-3H3. The number of aryl methyl sites for hydroxylation is 3. The van der Waals surface area contributed by atoms with E-state index in [1.807, 2.05) is 85.8 Å². The van der Waals surface area contributed by atoms with E-state index in [1.54, 1.807) is 11.8 Å². The van der Waals surface area contributed by atoms with Gasteiger partial charge in [-0.2, -0.15) is 0 Å². The average molecular weight is 502 g/mol. The third-order valence-corrected chi connectivity index (χ3v) is 6.97. The lowest BCUT2D eigenvalue weighted by atomic mass is 10.1. The van der Waals surface area contributed by atoms with Crippen LogP contribution >= 0.6 is 23.4 Å². The molecular formula is C30H28ClNO2S. The molecule has 0 radical (unpaired) electrons. The Morgan fingerprint density at radius 1 is 0.771 bits per heavy atom. The highest BCUT2D eigenvalue weighted by Gasteiger charge is 2.19. The molecule has 4 rings (SSSR count). The molecule has 0 N–H and O–H groups in total. The molecule has 35 heavy (non-hydrogen) atoms. The molecule has 0 saturated heterocycles. The van der Waals surface area contributed by atoms with Crippen LogP contribution in [0.15, 0.2) is 107 Å². The molecule has 0 amide bonds. The van der Waals surface area contributed by atoms with E-state index in [4.69, 9.17) is 26.1 Å². The van der Waals surface area contributed by atoms with Gasteiger partial charge in [-0.25, -0.2) is 4.99 Å². The second-order valence-electron chi connectivity index (χ2n) is 8.28. The second-order valence-corrected chi connectivity index (χ2v) is 9.92. The van der Waals surface area contributed by atoms with E-state index in [0.717, 1.165) is 27.6 Å². The summed E-state index contributed by atoms with van der Waals surface area (Å²) in [6, 6.07) is 31.9. The molecule has 1 unspecified atom stereocenters. The molecular weight excluding hydrogens is 474 g/mol. The minimum atomic E-state index is -0.251. The van der Waals surface area contributed by atoms with Gasteiger partial charge >= 0.3 is 0 Å². The number of aliphatic imine (C=N–C) groups is 1. The van der Waals surface area contributed by atoms with Crippen LogP contribution in [0.25, 0.3) is 0 Å². The summed E-state index contributed by atoms with van der Waals surface area (Å²) >= 11 is 7.88. The third kappa shape index (κ3) is 7.38. The minimum absolute atomic E-state index is 0.251. The molecule has 178 valence electrons. The molecule has 5 heteroatoms. The van der Waals surface area contributed by atoms with Gasteiger partial charge in [-0.3, -0.25) is 0 Å². The Morgan fingerprint density at radius 2 is 1.49 bits per heavy atom. The fraction of sp³-hybridized carbons (Fsp3) is 0.167. The van der Waals surface area contributed by atoms with Gasteiger partial charge in [-0.1, -0.05) is 65.8 Å². The van der Waals surface area contributed by atoms with Gasteiger partial charge in [0, 0.05) is 9.92 Å². The van der Waals surface area contributed by atoms with Crippen molar-refractivity contribution in [3.05, 3.63) is 119 Å². The lowest BCUT2D eigenvalue weighted by Gasteiger charge is -2.20. The van der Waals surface area contributed by atoms with E-state index in [2.05, 4.69) is 32.0 Å². The topological polar surface area (TPSA) is 30.8 Å². The Bertz CT molecular complexity index is 1250. The van der Waals surface area contributed by atoms with E-state index < -0.39 is 0 Å². The first-order chi connectivity index (χ1) is 17.0. The molecule has 0 fully saturated rings. The first-order valence-electron chi connectivity index (χ1n) is 11.5. The van der Waals surface area contributed by atoms with Crippen molar-refractivity contribution in [2.45, 2.75) is 37.5 Å². The van der Waals surface area contributed by atoms with Crippen LogP contribution in [0.5, 0.6) is 11.5 Å². The summed E-state index contributed by atoms with van der Waals surface area (Å²) in [5, 5.41) is 0.713. The maximum Gasteiger partial charge on any atom is 0.199 e. The fourth-order valence-electron chi connectivity index (χ4n) is 3.42. The zero-order valence-corrected chi connectivity index (χ0v) is 21.6. The zero-order chi connectivity index (χ0) is 24.6. The highest BCUT2D eigenvalue weighted by atomic mass is 35.5. The van der Waals surface area contributed by atoms with Crippen LogP contribution < -0.4 is 9.47 Å². The average Bonchev–Trinajstić information content (AvgIpc) is 2.85. The SMILES string of the molecule is Cc1ccc(OC(CC(Oc2ccccc2)Sc2ccccc2)=Nc2ccc(Cl)c(C)c2)cc1C. The fourth-order valence-corrected chi connectivity index (χ4v) is 4.54. The van der Waals surface area contributed by atoms with Crippen LogP contribution in [0.1, 0.15) is 23.1 Å². The number of hydrogen-bond acceptors (Lipinski definition) is 4. The van der Waals surface area contributed by atoms with Gasteiger partial charge < -0.3 is 9.47 Å². The van der Waals surface area contributed by atoms with Crippen LogP contribution in [-0.4, -0.2) is 11.3 Å². The molecule has 0 aromatic heterocycles. The Labute approximate surface area is 216 Å². The molecule has 0 saturated carbocycles. The molecule has 4 aromatic carbocycles. The van der Waals surface area contributed by atoms with E-state index >= 15 is 0 Å². The van der Waals surface area contributed by atoms with Gasteiger partial charge in [0.2, 0.25) is 0 Å². The number of para-hydroxylation sites is 1. The molecule has 3 nitrogen and oxygen atoms in total. The normalized spacial score (nSPS) is 12.3. The molecule has 0 aliphatic carbocycles. The van der Waals surface area contributed by atoms with Crippen LogP contribution in [0.2, 0.25) is 5.02 Å². The Balaban J connectivity index is 1.66. The van der Waals surface area contributed by atoms with Crippen molar-refractivity contribution in [3.8, 4) is 11.5 Å². The highest BCUT2D eigenvalue weighted by molar-refractivity contribution is 7.99. The predicted octanol–water partition coefficient (Wildman–Crippen LogP) is 8.96. The molecule has 1 atom stereocenters. The van der Waals surface area contributed by atoms with E-state index in [9.17, 15) is 0 Å². The molecule has 0 aliphatic heterocycles. The Hall–Kier alpha value is -3.21. The van der Waals surface area contributed by atoms with E-state index in [1.165, 1.54) is 11.1 Å². The van der Waals surface area contributed by atoms with Gasteiger partial charge in [-0.05, 0) is 92.1 Å². The summed E-state index contributed by atoms with van der Waals surface area (Å²) in [6.45, 7) is 6.14. The molecule has 0 bridgehead atoms. The van der Waals surface area contributed by atoms with Crippen LogP contribution in [0.4, 0.5) is 5.69 Å². The first-order valence-corrected chi connectivity index (χ1v) is 12.7. The maximum atomic E-state index is 6.39. The number of benzene rings is 4. The number of halogens is 1. The summed E-state index contributed by atoms with van der Waals surface area (Å²) in [5.41, 5.74) is 3.88. The summed E-state index contributed by atoms with van der Waals surface area (Å²) in [5.74, 6) is 2.12. The molecule has 4 aromatic rings. The Kier molecular flexibility index (Phi) is 8.51. The Morgan fingerprint density at radius 3 is 2.17 bits per heavy atom. The molecule has 0 spiro atoms. The van der Waals surface area contributed by atoms with Gasteiger partial charge in [0.1, 0.15) is 11.5 Å². The minimum Gasteiger partial charge on any atom is -0.479 e. The number of thioether (sulfide) groups is 1. The monoisotopic (exact) mass is 501 g/mol. The predicted molar refractivity (Wildman–Crippen MR) is 148 cm³/mol. The smallest absolute Gasteiger partial charge is 0.199 e. The van der Waals surface area contributed by atoms with Crippen molar-refractivity contribution in [1.29, 1.82) is 0 Å². The molecule has 0 aliphatic rings. The number of ether oxygens (including phenoxy) is 2. The van der Waals surface area contributed by atoms with Crippen LogP contribution in [0.3, 0.4) is 0 Å².